The number of benzene rings is 2. The lowest BCUT2D eigenvalue weighted by atomic mass is 9.90. The summed E-state index contributed by atoms with van der Waals surface area (Å²) < 4.78 is 37.1. The van der Waals surface area contributed by atoms with E-state index in [0.29, 0.717) is 58.6 Å². The van der Waals surface area contributed by atoms with Gasteiger partial charge in [-0.3, -0.25) is 24.4 Å². The maximum Gasteiger partial charge on any atom is 0.255 e. The molecule has 5 aliphatic heterocycles. The topological polar surface area (TPSA) is 110 Å². The number of nitrogens with one attached hydrogen (secondary N) is 1. The average molecular weight is 864 g/mol. The molecule has 5 fully saturated rings. The van der Waals surface area contributed by atoms with E-state index in [1.54, 1.807) is 36.5 Å². The normalized spacial score (nSPS) is 23.6. The van der Waals surface area contributed by atoms with Crippen LogP contribution in [0.3, 0.4) is 0 Å². The molecule has 0 radical (unpaired) electrons. The summed E-state index contributed by atoms with van der Waals surface area (Å²) in [4.78, 5) is 50.6. The standard InChI is InChI=1S/C49H63F2N9O3/c1-31-23-38(50)42(63-49(5)15-16-49)24-36(31)46(52-6)39-25-43(54-30-53-39)58-19-13-33(14-20-58)26-56-21-22-59(48(3,4)29-56)27-34-11-17-57(18-12-34)41-8-7-35-37(45(41)51)28-60(47(35)62)40-9-10-44(61)55-32(40)2/h7-8,23-25,30,33-34,40H,2,9-22,26-29H2,1,3-6H3,(H,55,61). The second-order valence-electron chi connectivity index (χ2n) is 19.8. The molecule has 1 aromatic heterocycles. The molecule has 2 aromatic carbocycles. The third-order valence-corrected chi connectivity index (χ3v) is 14.8. The molecule has 1 aliphatic carbocycles. The molecule has 3 aromatic rings. The second-order valence-corrected chi connectivity index (χ2v) is 19.8. The van der Waals surface area contributed by atoms with E-state index in [-0.39, 0.29) is 52.9 Å². The lowest BCUT2D eigenvalue weighted by Gasteiger charge is -2.50. The first-order valence-electron chi connectivity index (χ1n) is 23.1. The van der Waals surface area contributed by atoms with Crippen molar-refractivity contribution >= 4 is 29.0 Å². The summed E-state index contributed by atoms with van der Waals surface area (Å²) in [6.45, 7) is 21.5. The fourth-order valence-corrected chi connectivity index (χ4v) is 10.7. The number of hydrogen-bond donors (Lipinski definition) is 1. The minimum absolute atomic E-state index is 0.0502. The molecule has 1 N–H and O–H groups in total. The van der Waals surface area contributed by atoms with Crippen molar-refractivity contribution < 1.29 is 23.1 Å². The number of fused-ring (bicyclic) bond motifs is 1. The highest BCUT2D eigenvalue weighted by Gasteiger charge is 2.42. The molecule has 9 rings (SSSR count). The zero-order valence-corrected chi connectivity index (χ0v) is 37.7. The molecule has 63 heavy (non-hydrogen) atoms. The largest absolute Gasteiger partial charge is 0.484 e. The highest BCUT2D eigenvalue weighted by atomic mass is 19.1. The zero-order chi connectivity index (χ0) is 44.2. The Bertz CT molecular complexity index is 2300. The summed E-state index contributed by atoms with van der Waals surface area (Å²) >= 11 is 0. The van der Waals surface area contributed by atoms with Crippen LogP contribution in [0.1, 0.15) is 105 Å². The predicted molar refractivity (Wildman–Crippen MR) is 242 cm³/mol. The van der Waals surface area contributed by atoms with Gasteiger partial charge in [0, 0.05) is 106 Å². The van der Waals surface area contributed by atoms with E-state index in [9.17, 15) is 14.0 Å². The Hall–Kier alpha value is -4.95. The molecule has 1 saturated carbocycles. The summed E-state index contributed by atoms with van der Waals surface area (Å²) in [5.74, 6) is 1.37. The highest BCUT2D eigenvalue weighted by molar-refractivity contribution is 6.13. The fraction of sp³-hybridized carbons (Fsp3) is 0.571. The number of aliphatic imine (C=N–C) groups is 1. The summed E-state index contributed by atoms with van der Waals surface area (Å²) in [6.07, 6.45) is 8.48. The molecule has 14 heteroatoms. The molecule has 336 valence electrons. The lowest BCUT2D eigenvalue weighted by Crippen LogP contribution is -2.61. The first-order valence-corrected chi connectivity index (χ1v) is 23.1. The van der Waals surface area contributed by atoms with E-state index < -0.39 is 0 Å². The Balaban J connectivity index is 0.744. The van der Waals surface area contributed by atoms with Gasteiger partial charge >= 0.3 is 0 Å². The number of aromatic nitrogens is 2. The van der Waals surface area contributed by atoms with Gasteiger partial charge in [0.2, 0.25) is 5.91 Å². The van der Waals surface area contributed by atoms with Gasteiger partial charge in [-0.15, -0.1) is 0 Å². The van der Waals surface area contributed by atoms with Gasteiger partial charge in [0.1, 0.15) is 17.7 Å². The van der Waals surface area contributed by atoms with E-state index in [1.807, 2.05) is 19.9 Å². The summed E-state index contributed by atoms with van der Waals surface area (Å²) in [7, 11) is 1.75. The number of ether oxygens (including phenoxy) is 1. The maximum absolute atomic E-state index is 16.1. The maximum atomic E-state index is 16.1. The number of amides is 2. The third kappa shape index (κ3) is 8.94. The van der Waals surface area contributed by atoms with Crippen molar-refractivity contribution in [1.82, 2.24) is 30.0 Å². The number of aryl methyl sites for hydroxylation is 1. The lowest BCUT2D eigenvalue weighted by molar-refractivity contribution is -0.121. The Morgan fingerprint density at radius 2 is 1.63 bits per heavy atom. The number of carbonyl (C=O) groups excluding carboxylic acids is 2. The molecule has 4 saturated heterocycles. The summed E-state index contributed by atoms with van der Waals surface area (Å²) in [5.41, 5.74) is 4.72. The minimum Gasteiger partial charge on any atom is -0.484 e. The molecular formula is C49H63F2N9O3. The van der Waals surface area contributed by atoms with Gasteiger partial charge in [-0.25, -0.2) is 18.7 Å². The number of nitrogens with zero attached hydrogens (tertiary/aromatic N) is 8. The number of piperidine rings is 3. The van der Waals surface area contributed by atoms with Crippen molar-refractivity contribution in [1.29, 1.82) is 0 Å². The van der Waals surface area contributed by atoms with Crippen molar-refractivity contribution in [2.24, 2.45) is 16.8 Å². The van der Waals surface area contributed by atoms with Crippen LogP contribution in [0.2, 0.25) is 0 Å². The summed E-state index contributed by atoms with van der Waals surface area (Å²) in [5, 5.41) is 2.76. The van der Waals surface area contributed by atoms with E-state index in [2.05, 4.69) is 60.3 Å². The molecule has 12 nitrogen and oxygen atoms in total. The molecule has 1 unspecified atom stereocenters. The van der Waals surface area contributed by atoms with Gasteiger partial charge in [-0.05, 0) is 114 Å². The molecular weight excluding hydrogens is 801 g/mol. The monoisotopic (exact) mass is 864 g/mol. The van der Waals surface area contributed by atoms with Crippen molar-refractivity contribution in [3.05, 3.63) is 88.5 Å². The van der Waals surface area contributed by atoms with Gasteiger partial charge in [-0.1, -0.05) is 6.58 Å². The van der Waals surface area contributed by atoms with Gasteiger partial charge in [0.15, 0.2) is 17.4 Å². The molecule has 2 amide bonds. The van der Waals surface area contributed by atoms with Crippen molar-refractivity contribution in [2.75, 3.05) is 75.8 Å². The number of halogens is 2. The quantitative estimate of drug-likeness (QED) is 0.210. The van der Waals surface area contributed by atoms with Crippen LogP contribution in [-0.4, -0.2) is 125 Å². The van der Waals surface area contributed by atoms with Crippen molar-refractivity contribution in [2.45, 2.75) is 103 Å². The van der Waals surface area contributed by atoms with Crippen LogP contribution < -0.4 is 19.9 Å². The van der Waals surface area contributed by atoms with Crippen LogP contribution in [0, 0.1) is 30.4 Å². The van der Waals surface area contributed by atoms with E-state index in [1.165, 1.54) is 6.07 Å². The van der Waals surface area contributed by atoms with Crippen LogP contribution >= 0.6 is 0 Å². The highest BCUT2D eigenvalue weighted by Crippen LogP contribution is 2.41. The first kappa shape index (κ1) is 43.3. The van der Waals surface area contributed by atoms with E-state index in [4.69, 9.17) is 4.74 Å². The first-order chi connectivity index (χ1) is 30.2. The number of anilines is 2. The van der Waals surface area contributed by atoms with Gasteiger partial charge in [-0.2, -0.15) is 0 Å². The molecule has 0 bridgehead atoms. The molecule has 0 spiro atoms. The Morgan fingerprint density at radius 3 is 2.32 bits per heavy atom. The number of piperazine rings is 1. The van der Waals surface area contributed by atoms with Crippen LogP contribution in [-0.2, 0) is 11.3 Å². The summed E-state index contributed by atoms with van der Waals surface area (Å²) in [6, 6.07) is 8.56. The number of carbonyl (C=O) groups is 2. The fourth-order valence-electron chi connectivity index (χ4n) is 10.7. The third-order valence-electron chi connectivity index (χ3n) is 14.8. The predicted octanol–water partition coefficient (Wildman–Crippen LogP) is 6.74. The van der Waals surface area contributed by atoms with Crippen molar-refractivity contribution in [3.63, 3.8) is 0 Å². The number of hydrogen-bond acceptors (Lipinski definition) is 10. The SMILES string of the molecule is C=C1NC(=O)CCC1N1Cc2c(ccc(N3CCC(CN4CCN(CC5CCN(c6cc(C(=NC)c7cc(OC8(C)CC8)c(F)cc7C)ncn6)CC5)CC4(C)C)CC3)c2F)C1=O. The van der Waals surface area contributed by atoms with E-state index in [0.717, 1.165) is 114 Å². The van der Waals surface area contributed by atoms with Crippen LogP contribution in [0.4, 0.5) is 20.3 Å². The van der Waals surface area contributed by atoms with Gasteiger partial charge < -0.3 is 24.8 Å². The van der Waals surface area contributed by atoms with Crippen LogP contribution in [0.15, 0.2) is 53.9 Å². The van der Waals surface area contributed by atoms with Gasteiger partial charge in [0.05, 0.1) is 29.7 Å². The van der Waals surface area contributed by atoms with E-state index >= 15 is 4.39 Å². The molecule has 1 atom stereocenters. The van der Waals surface area contributed by atoms with Gasteiger partial charge in [0.25, 0.3) is 5.91 Å². The molecule has 6 aliphatic rings. The van der Waals surface area contributed by atoms with Crippen molar-refractivity contribution in [3.8, 4) is 5.75 Å². The van der Waals surface area contributed by atoms with Crippen LogP contribution in [0.5, 0.6) is 5.75 Å². The Labute approximate surface area is 370 Å². The average Bonchev–Trinajstić information content (AvgIpc) is 3.89. The minimum atomic E-state index is -0.354. The molecule has 6 heterocycles. The smallest absolute Gasteiger partial charge is 0.255 e. The number of rotatable bonds is 11. The zero-order valence-electron chi connectivity index (χ0n) is 37.7. The second kappa shape index (κ2) is 17.2. The Kier molecular flexibility index (Phi) is 11.8. The van der Waals surface area contributed by atoms with Crippen LogP contribution in [0.25, 0.3) is 0 Å². The Morgan fingerprint density at radius 1 is 0.921 bits per heavy atom.